The summed E-state index contributed by atoms with van der Waals surface area (Å²) < 4.78 is 26.9. The minimum absolute atomic E-state index is 0.245. The number of nitrogens with one attached hydrogen (secondary N) is 1. The van der Waals surface area contributed by atoms with Gasteiger partial charge < -0.3 is 0 Å². The molecule has 96 valence electrons. The summed E-state index contributed by atoms with van der Waals surface area (Å²) in [5.41, 5.74) is 0.421. The van der Waals surface area contributed by atoms with E-state index in [2.05, 4.69) is 4.72 Å². The lowest BCUT2D eigenvalue weighted by Gasteiger charge is -2.26. The van der Waals surface area contributed by atoms with Crippen molar-refractivity contribution in [2.24, 2.45) is 0 Å². The van der Waals surface area contributed by atoms with Gasteiger partial charge in [-0.2, -0.15) is 0 Å². The van der Waals surface area contributed by atoms with Crippen molar-refractivity contribution in [1.29, 1.82) is 0 Å². The maximum atomic E-state index is 12.1. The van der Waals surface area contributed by atoms with E-state index in [0.717, 1.165) is 5.56 Å². The molecule has 1 unspecified atom stereocenters. The summed E-state index contributed by atoms with van der Waals surface area (Å²) in [5, 5.41) is 0. The first-order valence-electron chi connectivity index (χ1n) is 5.49. The van der Waals surface area contributed by atoms with Crippen molar-refractivity contribution >= 4 is 21.6 Å². The van der Waals surface area contributed by atoms with Gasteiger partial charge in [0.1, 0.15) is 0 Å². The maximum absolute atomic E-state index is 12.1. The van der Waals surface area contributed by atoms with E-state index in [4.69, 9.17) is 11.6 Å². The summed E-state index contributed by atoms with van der Waals surface area (Å²) in [6.45, 7) is 5.62. The van der Waals surface area contributed by atoms with E-state index in [1.54, 1.807) is 31.2 Å². The molecule has 1 N–H and O–H groups in total. The van der Waals surface area contributed by atoms with Crippen LogP contribution in [0, 0.1) is 6.92 Å². The molecule has 0 saturated heterocycles. The Morgan fingerprint density at radius 3 is 2.24 bits per heavy atom. The van der Waals surface area contributed by atoms with E-state index in [9.17, 15) is 8.42 Å². The zero-order chi connectivity index (χ0) is 13.1. The highest BCUT2D eigenvalue weighted by molar-refractivity contribution is 7.89. The smallest absolute Gasteiger partial charge is 0.207 e. The van der Waals surface area contributed by atoms with E-state index in [0.29, 0.717) is 6.42 Å². The highest BCUT2D eigenvalue weighted by atomic mass is 35.5. The second-order valence-electron chi connectivity index (χ2n) is 4.47. The Hall–Kier alpha value is -0.580. The molecule has 1 rings (SSSR count). The molecule has 0 aliphatic carbocycles. The van der Waals surface area contributed by atoms with Crippen LogP contribution < -0.4 is 4.72 Å². The van der Waals surface area contributed by atoms with Crippen LogP contribution >= 0.6 is 11.6 Å². The van der Waals surface area contributed by atoms with Crippen LogP contribution in [0.5, 0.6) is 0 Å². The second-order valence-corrected chi connectivity index (χ2v) is 6.42. The molecule has 1 atom stereocenters. The molecule has 0 aromatic heterocycles. The van der Waals surface area contributed by atoms with E-state index in [-0.39, 0.29) is 10.8 Å². The van der Waals surface area contributed by atoms with Gasteiger partial charge in [-0.3, -0.25) is 0 Å². The first-order chi connectivity index (χ1) is 7.83. The molecule has 0 radical (unpaired) electrons. The predicted octanol–water partition coefficient (Wildman–Crippen LogP) is 2.68. The fourth-order valence-electron chi connectivity index (χ4n) is 1.29. The molecule has 0 bridgehead atoms. The Morgan fingerprint density at radius 2 is 1.82 bits per heavy atom. The molecule has 0 aliphatic heterocycles. The van der Waals surface area contributed by atoms with Crippen LogP contribution in [0.2, 0.25) is 0 Å². The van der Waals surface area contributed by atoms with Crippen molar-refractivity contribution in [3.63, 3.8) is 0 Å². The molecule has 1 aromatic carbocycles. The lowest BCUT2D eigenvalue weighted by Crippen LogP contribution is -2.46. The highest BCUT2D eigenvalue weighted by Crippen LogP contribution is 2.17. The highest BCUT2D eigenvalue weighted by Gasteiger charge is 2.28. The standard InChI is InChI=1S/C12H18ClNO2S/c1-4-12(3,9-13)14-17(15,16)11-7-5-10(2)6-8-11/h5-8,14H,4,9H2,1-3H3. The third kappa shape index (κ3) is 3.69. The number of alkyl halides is 1. The number of sulfonamides is 1. The molecule has 0 aliphatic rings. The van der Waals surface area contributed by atoms with Crippen molar-refractivity contribution < 1.29 is 8.42 Å². The van der Waals surface area contributed by atoms with E-state index in [1.165, 1.54) is 0 Å². The normalized spacial score (nSPS) is 15.5. The van der Waals surface area contributed by atoms with Gasteiger partial charge in [-0.05, 0) is 32.4 Å². The summed E-state index contributed by atoms with van der Waals surface area (Å²) in [4.78, 5) is 0.271. The fraction of sp³-hybridized carbons (Fsp3) is 0.500. The van der Waals surface area contributed by atoms with E-state index >= 15 is 0 Å². The van der Waals surface area contributed by atoms with Crippen LogP contribution in [-0.2, 0) is 10.0 Å². The summed E-state index contributed by atoms with van der Waals surface area (Å²) >= 11 is 5.80. The van der Waals surface area contributed by atoms with Crippen LogP contribution in [0.1, 0.15) is 25.8 Å². The molecule has 3 nitrogen and oxygen atoms in total. The SMILES string of the molecule is CCC(C)(CCl)NS(=O)(=O)c1ccc(C)cc1. The van der Waals surface area contributed by atoms with Crippen LogP contribution in [0.4, 0.5) is 0 Å². The number of benzene rings is 1. The van der Waals surface area contributed by atoms with Gasteiger partial charge in [0.25, 0.3) is 0 Å². The van der Waals surface area contributed by atoms with Gasteiger partial charge in [0, 0.05) is 11.4 Å². The Balaban J connectivity index is 3.00. The first kappa shape index (κ1) is 14.5. The lowest BCUT2D eigenvalue weighted by atomic mass is 10.0. The molecule has 0 amide bonds. The van der Waals surface area contributed by atoms with Crippen molar-refractivity contribution in [3.05, 3.63) is 29.8 Å². The van der Waals surface area contributed by atoms with Gasteiger partial charge in [-0.25, -0.2) is 13.1 Å². The number of halogens is 1. The summed E-state index contributed by atoms with van der Waals surface area (Å²) in [6, 6.07) is 6.75. The molecular formula is C12H18ClNO2S. The van der Waals surface area contributed by atoms with Crippen LogP contribution in [-0.4, -0.2) is 19.8 Å². The topological polar surface area (TPSA) is 46.2 Å². The monoisotopic (exact) mass is 275 g/mol. The minimum Gasteiger partial charge on any atom is -0.207 e. The Bertz CT molecular complexity index is 464. The van der Waals surface area contributed by atoms with Crippen molar-refractivity contribution in [1.82, 2.24) is 4.72 Å². The van der Waals surface area contributed by atoms with Crippen molar-refractivity contribution in [2.45, 2.75) is 37.6 Å². The molecule has 5 heteroatoms. The fourth-order valence-corrected chi connectivity index (χ4v) is 3.11. The largest absolute Gasteiger partial charge is 0.241 e. The number of aryl methyl sites for hydroxylation is 1. The maximum Gasteiger partial charge on any atom is 0.241 e. The minimum atomic E-state index is -3.49. The summed E-state index contributed by atoms with van der Waals surface area (Å²) in [6.07, 6.45) is 0.640. The van der Waals surface area contributed by atoms with Gasteiger partial charge in [0.2, 0.25) is 10.0 Å². The van der Waals surface area contributed by atoms with Crippen LogP contribution in [0.25, 0.3) is 0 Å². The zero-order valence-electron chi connectivity index (χ0n) is 10.3. The third-order valence-corrected chi connectivity index (χ3v) is 5.03. The lowest BCUT2D eigenvalue weighted by molar-refractivity contribution is 0.444. The molecule has 1 aromatic rings. The van der Waals surface area contributed by atoms with Gasteiger partial charge in [-0.15, -0.1) is 11.6 Å². The second kappa shape index (κ2) is 5.38. The van der Waals surface area contributed by atoms with Crippen molar-refractivity contribution in [2.75, 3.05) is 5.88 Å². The van der Waals surface area contributed by atoms with E-state index in [1.807, 2.05) is 13.8 Å². The van der Waals surface area contributed by atoms with Gasteiger partial charge in [0.15, 0.2) is 0 Å². The van der Waals surface area contributed by atoms with Gasteiger partial charge in [-0.1, -0.05) is 24.6 Å². The molecule has 0 fully saturated rings. The number of rotatable bonds is 5. The van der Waals surface area contributed by atoms with Crippen LogP contribution in [0.15, 0.2) is 29.2 Å². The molecular weight excluding hydrogens is 258 g/mol. The molecule has 0 spiro atoms. The predicted molar refractivity (Wildman–Crippen MR) is 70.9 cm³/mol. The van der Waals surface area contributed by atoms with E-state index < -0.39 is 15.6 Å². The number of hydrogen-bond acceptors (Lipinski definition) is 2. The number of hydrogen-bond donors (Lipinski definition) is 1. The quantitative estimate of drug-likeness (QED) is 0.840. The molecule has 0 saturated carbocycles. The molecule has 17 heavy (non-hydrogen) atoms. The zero-order valence-corrected chi connectivity index (χ0v) is 11.9. The Labute approximate surface area is 108 Å². The first-order valence-corrected chi connectivity index (χ1v) is 7.51. The Morgan fingerprint density at radius 1 is 1.29 bits per heavy atom. The molecule has 0 heterocycles. The van der Waals surface area contributed by atoms with Gasteiger partial charge >= 0.3 is 0 Å². The Kier molecular flexibility index (Phi) is 4.58. The summed E-state index contributed by atoms with van der Waals surface area (Å²) in [5.74, 6) is 0.245. The van der Waals surface area contributed by atoms with Crippen LogP contribution in [0.3, 0.4) is 0 Å². The van der Waals surface area contributed by atoms with Gasteiger partial charge in [0.05, 0.1) is 4.90 Å². The average molecular weight is 276 g/mol. The average Bonchev–Trinajstić information content (AvgIpc) is 2.29. The van der Waals surface area contributed by atoms with Crippen molar-refractivity contribution in [3.8, 4) is 0 Å². The third-order valence-electron chi connectivity index (χ3n) is 2.79. The summed E-state index contributed by atoms with van der Waals surface area (Å²) in [7, 11) is -3.49.